The fourth-order valence-corrected chi connectivity index (χ4v) is 1.89. The second kappa shape index (κ2) is 5.69. The Morgan fingerprint density at radius 2 is 2.24 bits per heavy atom. The van der Waals surface area contributed by atoms with Crippen LogP contribution in [0.5, 0.6) is 0 Å². The van der Waals surface area contributed by atoms with Gasteiger partial charge in [0.1, 0.15) is 0 Å². The Morgan fingerprint density at radius 1 is 1.59 bits per heavy atom. The first-order valence-electron chi connectivity index (χ1n) is 6.13. The highest BCUT2D eigenvalue weighted by molar-refractivity contribution is 5.67. The molecule has 5 heteroatoms. The number of morpholine rings is 1. The number of hydrogen-bond acceptors (Lipinski definition) is 4. The third-order valence-corrected chi connectivity index (χ3v) is 2.54. The Bertz CT molecular complexity index is 266. The van der Waals surface area contributed by atoms with Gasteiger partial charge in [-0.05, 0) is 19.8 Å². The molecular formula is C12H24N2O3. The molecule has 1 amide bonds. The first kappa shape index (κ1) is 14.3. The van der Waals surface area contributed by atoms with E-state index < -0.39 is 0 Å². The third kappa shape index (κ3) is 4.52. The number of hydrogen-bond donors (Lipinski definition) is 1. The molecule has 0 radical (unpaired) electrons. The van der Waals surface area contributed by atoms with Crippen molar-refractivity contribution < 1.29 is 14.3 Å². The summed E-state index contributed by atoms with van der Waals surface area (Å²) in [5, 5.41) is 0. The minimum atomic E-state index is -0.362. The quantitative estimate of drug-likeness (QED) is 0.810. The Kier molecular flexibility index (Phi) is 4.77. The van der Waals surface area contributed by atoms with Gasteiger partial charge in [-0.25, -0.2) is 4.79 Å². The maximum absolute atomic E-state index is 11.9. The number of rotatable bonds is 3. The predicted molar refractivity (Wildman–Crippen MR) is 65.8 cm³/mol. The van der Waals surface area contributed by atoms with Gasteiger partial charge in [-0.3, -0.25) is 0 Å². The zero-order valence-corrected chi connectivity index (χ0v) is 11.2. The molecule has 1 unspecified atom stereocenters. The van der Waals surface area contributed by atoms with Crippen LogP contribution in [0.2, 0.25) is 0 Å². The van der Waals surface area contributed by atoms with E-state index in [1.807, 2.05) is 27.7 Å². The number of carbonyl (C=O) groups is 1. The molecule has 1 heterocycles. The molecule has 100 valence electrons. The van der Waals surface area contributed by atoms with Gasteiger partial charge in [0, 0.05) is 6.54 Å². The summed E-state index contributed by atoms with van der Waals surface area (Å²) in [5.41, 5.74) is 5.24. The maximum atomic E-state index is 11.9. The van der Waals surface area contributed by atoms with Crippen LogP contribution >= 0.6 is 0 Å². The summed E-state index contributed by atoms with van der Waals surface area (Å²) in [4.78, 5) is 13.5. The fourth-order valence-electron chi connectivity index (χ4n) is 1.89. The lowest BCUT2D eigenvalue weighted by molar-refractivity contribution is -0.126. The predicted octanol–water partition coefficient (Wildman–Crippen LogP) is 1.22. The lowest BCUT2D eigenvalue weighted by atomic mass is 10.1. The molecule has 1 rings (SSSR count). The van der Waals surface area contributed by atoms with E-state index in [-0.39, 0.29) is 17.8 Å². The second-order valence-electron chi connectivity index (χ2n) is 5.59. The molecular weight excluding hydrogens is 220 g/mol. The summed E-state index contributed by atoms with van der Waals surface area (Å²) in [6.07, 6.45) is -0.376. The van der Waals surface area contributed by atoms with Crippen molar-refractivity contribution in [2.24, 2.45) is 11.7 Å². The highest BCUT2D eigenvalue weighted by Gasteiger charge is 2.35. The van der Waals surface area contributed by atoms with Crippen molar-refractivity contribution in [3.63, 3.8) is 0 Å². The number of nitrogens with two attached hydrogens (primary N) is 1. The summed E-state index contributed by atoms with van der Waals surface area (Å²) in [6.45, 7) is 9.85. The largest absolute Gasteiger partial charge is 0.449 e. The first-order chi connectivity index (χ1) is 7.84. The van der Waals surface area contributed by atoms with Crippen LogP contribution in [-0.2, 0) is 9.47 Å². The van der Waals surface area contributed by atoms with Gasteiger partial charge >= 0.3 is 6.09 Å². The van der Waals surface area contributed by atoms with Gasteiger partial charge in [-0.2, -0.15) is 0 Å². The number of ether oxygens (including phenoxy) is 2. The van der Waals surface area contributed by atoms with Crippen molar-refractivity contribution >= 4 is 6.09 Å². The fraction of sp³-hybridized carbons (Fsp3) is 0.917. The Morgan fingerprint density at radius 3 is 2.76 bits per heavy atom. The van der Waals surface area contributed by atoms with Gasteiger partial charge in [0.05, 0.1) is 31.4 Å². The summed E-state index contributed by atoms with van der Waals surface area (Å²) in [7, 11) is 0. The molecule has 0 aromatic heterocycles. The lowest BCUT2D eigenvalue weighted by Gasteiger charge is -2.41. The van der Waals surface area contributed by atoms with Crippen LogP contribution in [0.4, 0.5) is 4.79 Å². The molecule has 0 saturated carbocycles. The van der Waals surface area contributed by atoms with Gasteiger partial charge in [-0.15, -0.1) is 0 Å². The molecule has 0 aromatic rings. The molecule has 2 N–H and O–H groups in total. The van der Waals surface area contributed by atoms with E-state index >= 15 is 0 Å². The van der Waals surface area contributed by atoms with Crippen LogP contribution in [-0.4, -0.2) is 48.9 Å². The van der Waals surface area contributed by atoms with Gasteiger partial charge in [-0.1, -0.05) is 13.8 Å². The third-order valence-electron chi connectivity index (χ3n) is 2.54. The molecule has 17 heavy (non-hydrogen) atoms. The van der Waals surface area contributed by atoms with Crippen molar-refractivity contribution in [2.45, 2.75) is 39.4 Å². The van der Waals surface area contributed by atoms with Crippen LogP contribution in [0.1, 0.15) is 27.7 Å². The lowest BCUT2D eigenvalue weighted by Crippen LogP contribution is -2.56. The van der Waals surface area contributed by atoms with Gasteiger partial charge in [0.2, 0.25) is 0 Å². The zero-order chi connectivity index (χ0) is 13.1. The second-order valence-corrected chi connectivity index (χ2v) is 5.59. The van der Waals surface area contributed by atoms with Gasteiger partial charge in [0.25, 0.3) is 0 Å². The van der Waals surface area contributed by atoms with Crippen LogP contribution in [0, 0.1) is 5.92 Å². The summed E-state index contributed by atoms with van der Waals surface area (Å²) in [5.74, 6) is 0.346. The van der Waals surface area contributed by atoms with Crippen molar-refractivity contribution in [2.75, 3.05) is 26.2 Å². The van der Waals surface area contributed by atoms with Crippen molar-refractivity contribution in [1.29, 1.82) is 0 Å². The van der Waals surface area contributed by atoms with Gasteiger partial charge < -0.3 is 20.1 Å². The van der Waals surface area contributed by atoms with E-state index in [1.54, 1.807) is 4.90 Å². The molecule has 0 aliphatic carbocycles. The van der Waals surface area contributed by atoms with Crippen LogP contribution in [0.3, 0.4) is 0 Å². The van der Waals surface area contributed by atoms with Crippen LogP contribution < -0.4 is 5.73 Å². The molecule has 1 saturated heterocycles. The average Bonchev–Trinajstić information content (AvgIpc) is 2.23. The highest BCUT2D eigenvalue weighted by Crippen LogP contribution is 2.21. The van der Waals surface area contributed by atoms with Crippen LogP contribution in [0.25, 0.3) is 0 Å². The monoisotopic (exact) mass is 244 g/mol. The molecule has 5 nitrogen and oxygen atoms in total. The molecule has 0 aromatic carbocycles. The molecule has 1 atom stereocenters. The first-order valence-corrected chi connectivity index (χ1v) is 6.13. The van der Waals surface area contributed by atoms with Crippen molar-refractivity contribution in [3.8, 4) is 0 Å². The van der Waals surface area contributed by atoms with Crippen molar-refractivity contribution in [1.82, 2.24) is 4.90 Å². The molecule has 1 fully saturated rings. The molecule has 0 bridgehead atoms. The van der Waals surface area contributed by atoms with Gasteiger partial charge in [0.15, 0.2) is 0 Å². The number of carbonyl (C=O) groups excluding carboxylic acids is 1. The molecule has 1 aliphatic rings. The average molecular weight is 244 g/mol. The minimum Gasteiger partial charge on any atom is -0.449 e. The summed E-state index contributed by atoms with van der Waals surface area (Å²) >= 11 is 0. The SMILES string of the molecule is CC(C)COC(=O)N1CC(CN)OC(C)(C)C1. The van der Waals surface area contributed by atoms with E-state index in [4.69, 9.17) is 15.2 Å². The van der Waals surface area contributed by atoms with E-state index in [9.17, 15) is 4.79 Å². The van der Waals surface area contributed by atoms with Crippen LogP contribution in [0.15, 0.2) is 0 Å². The van der Waals surface area contributed by atoms with E-state index in [1.165, 1.54) is 0 Å². The molecule has 0 spiro atoms. The van der Waals surface area contributed by atoms with Crippen molar-refractivity contribution in [3.05, 3.63) is 0 Å². The highest BCUT2D eigenvalue weighted by atomic mass is 16.6. The Labute approximate surface area is 103 Å². The smallest absolute Gasteiger partial charge is 0.409 e. The number of amides is 1. The number of nitrogens with zero attached hydrogens (tertiary/aromatic N) is 1. The Hall–Kier alpha value is -0.810. The summed E-state index contributed by atoms with van der Waals surface area (Å²) < 4.78 is 11.0. The maximum Gasteiger partial charge on any atom is 0.409 e. The van der Waals surface area contributed by atoms with E-state index in [2.05, 4.69) is 0 Å². The standard InChI is InChI=1S/C12H24N2O3/c1-9(2)7-16-11(15)14-6-10(5-13)17-12(3,4)8-14/h9-10H,5-8,13H2,1-4H3. The normalized spacial score (nSPS) is 23.9. The van der Waals surface area contributed by atoms with E-state index in [0.717, 1.165) is 0 Å². The topological polar surface area (TPSA) is 64.8 Å². The van der Waals surface area contributed by atoms with E-state index in [0.29, 0.717) is 32.2 Å². The molecule has 1 aliphatic heterocycles. The summed E-state index contributed by atoms with van der Waals surface area (Å²) in [6, 6.07) is 0. The zero-order valence-electron chi connectivity index (χ0n) is 11.2. The Balaban J connectivity index is 2.54. The minimum absolute atomic E-state index is 0.106.